The third-order valence-electron chi connectivity index (χ3n) is 3.41. The van der Waals surface area contributed by atoms with Crippen molar-refractivity contribution in [3.05, 3.63) is 29.8 Å². The van der Waals surface area contributed by atoms with Gasteiger partial charge in [0.1, 0.15) is 5.75 Å². The van der Waals surface area contributed by atoms with Gasteiger partial charge in [-0.2, -0.15) is 0 Å². The molecule has 0 amide bonds. The molecule has 0 aliphatic rings. The molecule has 0 bridgehead atoms. The molecule has 2 N–H and O–H groups in total. The predicted molar refractivity (Wildman–Crippen MR) is 81.4 cm³/mol. The molecule has 0 saturated heterocycles. The van der Waals surface area contributed by atoms with E-state index in [1.54, 1.807) is 7.11 Å². The lowest BCUT2D eigenvalue weighted by atomic mass is 9.99. The molecular formula is C16H28N2O. The third kappa shape index (κ3) is 4.84. The van der Waals surface area contributed by atoms with Crippen LogP contribution < -0.4 is 10.5 Å². The van der Waals surface area contributed by atoms with Crippen LogP contribution in [0.3, 0.4) is 0 Å². The van der Waals surface area contributed by atoms with Crippen LogP contribution in [0.5, 0.6) is 5.75 Å². The van der Waals surface area contributed by atoms with E-state index in [4.69, 9.17) is 10.5 Å². The average molecular weight is 264 g/mol. The fourth-order valence-corrected chi connectivity index (χ4v) is 2.47. The summed E-state index contributed by atoms with van der Waals surface area (Å²) in [5.74, 6) is 0.894. The number of hydrogen-bond acceptors (Lipinski definition) is 3. The Hall–Kier alpha value is -1.06. The first-order valence-electron chi connectivity index (χ1n) is 7.20. The number of hydrogen-bond donors (Lipinski definition) is 1. The fraction of sp³-hybridized carbons (Fsp3) is 0.625. The number of ether oxygens (including phenoxy) is 1. The van der Waals surface area contributed by atoms with Crippen LogP contribution in [0, 0.1) is 0 Å². The SMILES string of the molecule is CCCN(CCC)C(C)(N)Cc1cccc(OC)c1. The van der Waals surface area contributed by atoms with Gasteiger partial charge in [-0.15, -0.1) is 0 Å². The molecular weight excluding hydrogens is 236 g/mol. The van der Waals surface area contributed by atoms with E-state index >= 15 is 0 Å². The second-order valence-corrected chi connectivity index (χ2v) is 5.37. The summed E-state index contributed by atoms with van der Waals surface area (Å²) in [6.45, 7) is 8.61. The van der Waals surface area contributed by atoms with Gasteiger partial charge in [0.25, 0.3) is 0 Å². The second-order valence-electron chi connectivity index (χ2n) is 5.37. The topological polar surface area (TPSA) is 38.5 Å². The summed E-state index contributed by atoms with van der Waals surface area (Å²) < 4.78 is 5.27. The van der Waals surface area contributed by atoms with Gasteiger partial charge in [0.2, 0.25) is 0 Å². The first-order valence-corrected chi connectivity index (χ1v) is 7.20. The minimum atomic E-state index is -0.307. The highest BCUT2D eigenvalue weighted by Gasteiger charge is 2.26. The van der Waals surface area contributed by atoms with Gasteiger partial charge < -0.3 is 10.5 Å². The van der Waals surface area contributed by atoms with Crippen molar-refractivity contribution in [2.24, 2.45) is 5.73 Å². The van der Waals surface area contributed by atoms with Gasteiger partial charge >= 0.3 is 0 Å². The van der Waals surface area contributed by atoms with Crippen LogP contribution in [0.4, 0.5) is 0 Å². The highest BCUT2D eigenvalue weighted by atomic mass is 16.5. The van der Waals surface area contributed by atoms with Crippen molar-refractivity contribution < 1.29 is 4.74 Å². The molecule has 0 fully saturated rings. The average Bonchev–Trinajstić information content (AvgIpc) is 2.38. The summed E-state index contributed by atoms with van der Waals surface area (Å²) >= 11 is 0. The van der Waals surface area contributed by atoms with Crippen LogP contribution in [0.1, 0.15) is 39.2 Å². The predicted octanol–water partition coefficient (Wildman–Crippen LogP) is 3.03. The summed E-state index contributed by atoms with van der Waals surface area (Å²) in [5, 5.41) is 0. The van der Waals surface area contributed by atoms with E-state index in [-0.39, 0.29) is 5.66 Å². The zero-order valence-electron chi connectivity index (χ0n) is 12.8. The number of methoxy groups -OCH3 is 1. The largest absolute Gasteiger partial charge is 0.497 e. The van der Waals surface area contributed by atoms with Crippen molar-refractivity contribution in [1.82, 2.24) is 4.90 Å². The van der Waals surface area contributed by atoms with Crippen LogP contribution in [0.2, 0.25) is 0 Å². The molecule has 1 atom stereocenters. The lowest BCUT2D eigenvalue weighted by Crippen LogP contribution is -2.55. The van der Waals surface area contributed by atoms with Gasteiger partial charge in [-0.3, -0.25) is 4.90 Å². The van der Waals surface area contributed by atoms with Crippen molar-refractivity contribution >= 4 is 0 Å². The maximum absolute atomic E-state index is 6.54. The van der Waals surface area contributed by atoms with Crippen molar-refractivity contribution in [2.45, 2.75) is 45.7 Å². The summed E-state index contributed by atoms with van der Waals surface area (Å²) in [6.07, 6.45) is 3.10. The molecule has 0 heterocycles. The van der Waals surface area contributed by atoms with Crippen LogP contribution >= 0.6 is 0 Å². The van der Waals surface area contributed by atoms with Crippen LogP contribution in [0.15, 0.2) is 24.3 Å². The van der Waals surface area contributed by atoms with E-state index in [1.807, 2.05) is 12.1 Å². The number of nitrogens with two attached hydrogens (primary N) is 1. The smallest absolute Gasteiger partial charge is 0.119 e. The van der Waals surface area contributed by atoms with Crippen LogP contribution in [-0.2, 0) is 6.42 Å². The third-order valence-corrected chi connectivity index (χ3v) is 3.41. The number of benzene rings is 1. The summed E-state index contributed by atoms with van der Waals surface area (Å²) in [6, 6.07) is 8.17. The summed E-state index contributed by atoms with van der Waals surface area (Å²) in [4.78, 5) is 2.38. The highest BCUT2D eigenvalue weighted by molar-refractivity contribution is 5.29. The Morgan fingerprint density at radius 2 is 1.84 bits per heavy atom. The lowest BCUT2D eigenvalue weighted by Gasteiger charge is -2.38. The zero-order chi connectivity index (χ0) is 14.3. The first-order chi connectivity index (χ1) is 9.03. The molecule has 0 aromatic heterocycles. The Balaban J connectivity index is 2.80. The van der Waals surface area contributed by atoms with E-state index in [2.05, 4.69) is 37.8 Å². The molecule has 3 nitrogen and oxygen atoms in total. The van der Waals surface area contributed by atoms with Crippen molar-refractivity contribution in [3.63, 3.8) is 0 Å². The van der Waals surface area contributed by atoms with Gasteiger partial charge in [0.15, 0.2) is 0 Å². The van der Waals surface area contributed by atoms with E-state index in [0.717, 1.165) is 38.1 Å². The van der Waals surface area contributed by atoms with Crippen molar-refractivity contribution in [2.75, 3.05) is 20.2 Å². The number of rotatable bonds is 8. The normalized spacial score (nSPS) is 14.4. The molecule has 19 heavy (non-hydrogen) atoms. The van der Waals surface area contributed by atoms with Gasteiger partial charge in [0, 0.05) is 6.42 Å². The Morgan fingerprint density at radius 1 is 1.21 bits per heavy atom. The van der Waals surface area contributed by atoms with E-state index in [1.165, 1.54) is 5.56 Å². The summed E-state index contributed by atoms with van der Waals surface area (Å²) in [5.41, 5.74) is 7.46. The van der Waals surface area contributed by atoms with Crippen molar-refractivity contribution in [1.29, 1.82) is 0 Å². The molecule has 0 aliphatic heterocycles. The summed E-state index contributed by atoms with van der Waals surface area (Å²) in [7, 11) is 1.70. The molecule has 0 aliphatic carbocycles. The van der Waals surface area contributed by atoms with Gasteiger partial charge in [-0.1, -0.05) is 26.0 Å². The number of nitrogens with zero attached hydrogens (tertiary/aromatic N) is 1. The first kappa shape index (κ1) is 16.0. The quantitative estimate of drug-likeness (QED) is 0.733. The maximum atomic E-state index is 6.54. The van der Waals surface area contributed by atoms with E-state index < -0.39 is 0 Å². The molecule has 1 aromatic carbocycles. The van der Waals surface area contributed by atoms with Gasteiger partial charge in [0.05, 0.1) is 12.8 Å². The van der Waals surface area contributed by atoms with E-state index in [9.17, 15) is 0 Å². The molecule has 0 radical (unpaired) electrons. The second kappa shape index (κ2) is 7.51. The molecule has 1 unspecified atom stereocenters. The Morgan fingerprint density at radius 3 is 2.37 bits per heavy atom. The fourth-order valence-electron chi connectivity index (χ4n) is 2.47. The van der Waals surface area contributed by atoms with E-state index in [0.29, 0.717) is 0 Å². The van der Waals surface area contributed by atoms with Gasteiger partial charge in [-0.05, 0) is 50.6 Å². The maximum Gasteiger partial charge on any atom is 0.119 e. The molecule has 108 valence electrons. The highest BCUT2D eigenvalue weighted by Crippen LogP contribution is 2.20. The minimum absolute atomic E-state index is 0.307. The zero-order valence-corrected chi connectivity index (χ0v) is 12.8. The lowest BCUT2D eigenvalue weighted by molar-refractivity contribution is 0.108. The van der Waals surface area contributed by atoms with Crippen LogP contribution in [-0.4, -0.2) is 30.8 Å². The van der Waals surface area contributed by atoms with Gasteiger partial charge in [-0.25, -0.2) is 0 Å². The standard InChI is InChI=1S/C16H28N2O/c1-5-10-18(11-6-2)16(3,17)13-14-8-7-9-15(12-14)19-4/h7-9,12H,5-6,10-11,13,17H2,1-4H3. The van der Waals surface area contributed by atoms with Crippen molar-refractivity contribution in [3.8, 4) is 5.75 Å². The molecule has 1 aromatic rings. The minimum Gasteiger partial charge on any atom is -0.497 e. The van der Waals surface area contributed by atoms with Crippen LogP contribution in [0.25, 0.3) is 0 Å². The molecule has 0 spiro atoms. The monoisotopic (exact) mass is 264 g/mol. The Bertz CT molecular complexity index is 371. The molecule has 1 rings (SSSR count). The Kier molecular flexibility index (Phi) is 6.32. The molecule has 0 saturated carbocycles. The molecule has 3 heteroatoms. The Labute approximate surface area is 117 Å².